The molecule has 4 rings (SSSR count). The fourth-order valence-electron chi connectivity index (χ4n) is 3.90. The zero-order valence-electron chi connectivity index (χ0n) is 17.3. The first-order valence-electron chi connectivity index (χ1n) is 9.91. The number of methoxy groups -OCH3 is 1. The molecule has 7 nitrogen and oxygen atoms in total. The van der Waals surface area contributed by atoms with E-state index in [-0.39, 0.29) is 11.8 Å². The summed E-state index contributed by atoms with van der Waals surface area (Å²) in [5, 5.41) is 3.99. The molecule has 1 N–H and O–H groups in total. The molecule has 1 aliphatic rings. The molecule has 1 aromatic carbocycles. The minimum Gasteiger partial charge on any atom is -0.495 e. The zero-order valence-corrected chi connectivity index (χ0v) is 17.3. The van der Waals surface area contributed by atoms with Gasteiger partial charge >= 0.3 is 0 Å². The second kappa shape index (κ2) is 7.73. The van der Waals surface area contributed by atoms with Crippen LogP contribution in [0.4, 0.5) is 11.5 Å². The molecule has 152 valence electrons. The SMILES string of the molecule is COc1ccccc1NC(=O)C1CCN(c2nc(C)nc3oc(C)c(C)c23)CC1. The molecule has 0 atom stereocenters. The summed E-state index contributed by atoms with van der Waals surface area (Å²) in [7, 11) is 1.60. The quantitative estimate of drug-likeness (QED) is 0.720. The van der Waals surface area contributed by atoms with E-state index in [9.17, 15) is 4.79 Å². The molecule has 0 aliphatic carbocycles. The first kappa shape index (κ1) is 19.2. The fraction of sp³-hybridized carbons (Fsp3) is 0.409. The molecule has 0 unspecified atom stereocenters. The van der Waals surface area contributed by atoms with Gasteiger partial charge in [-0.3, -0.25) is 4.79 Å². The van der Waals surface area contributed by atoms with Crippen molar-refractivity contribution in [3.05, 3.63) is 41.4 Å². The van der Waals surface area contributed by atoms with E-state index >= 15 is 0 Å². The standard InChI is InChI=1S/C22H26N4O3/c1-13-14(2)29-22-19(13)20(23-15(3)24-22)26-11-9-16(10-12-26)21(27)25-17-7-5-6-8-18(17)28-4/h5-8,16H,9-12H2,1-4H3,(H,25,27). The summed E-state index contributed by atoms with van der Waals surface area (Å²) >= 11 is 0. The molecule has 1 aliphatic heterocycles. The highest BCUT2D eigenvalue weighted by Crippen LogP contribution is 2.33. The summed E-state index contributed by atoms with van der Waals surface area (Å²) in [6.07, 6.45) is 1.53. The Kier molecular flexibility index (Phi) is 5.13. The molecule has 1 fully saturated rings. The lowest BCUT2D eigenvalue weighted by atomic mass is 9.95. The number of anilines is 2. The number of nitrogens with zero attached hydrogens (tertiary/aromatic N) is 3. The number of hydrogen-bond acceptors (Lipinski definition) is 6. The average Bonchev–Trinajstić information content (AvgIpc) is 3.01. The van der Waals surface area contributed by atoms with Crippen molar-refractivity contribution in [2.75, 3.05) is 30.4 Å². The van der Waals surface area contributed by atoms with Crippen LogP contribution in [0.25, 0.3) is 11.1 Å². The van der Waals surface area contributed by atoms with E-state index in [0.717, 1.165) is 48.5 Å². The van der Waals surface area contributed by atoms with Gasteiger partial charge in [-0.05, 0) is 45.7 Å². The summed E-state index contributed by atoms with van der Waals surface area (Å²) in [6, 6.07) is 7.47. The summed E-state index contributed by atoms with van der Waals surface area (Å²) in [6.45, 7) is 7.39. The van der Waals surface area contributed by atoms with Gasteiger partial charge in [0.05, 0.1) is 18.2 Å². The van der Waals surface area contributed by atoms with Crippen LogP contribution in [0.2, 0.25) is 0 Å². The molecular formula is C22H26N4O3. The Morgan fingerprint density at radius 1 is 1.17 bits per heavy atom. The van der Waals surface area contributed by atoms with Crippen LogP contribution in [-0.2, 0) is 4.79 Å². The molecule has 29 heavy (non-hydrogen) atoms. The monoisotopic (exact) mass is 394 g/mol. The minimum atomic E-state index is -0.0400. The molecule has 0 bridgehead atoms. The van der Waals surface area contributed by atoms with Gasteiger partial charge < -0.3 is 19.4 Å². The third kappa shape index (κ3) is 3.64. The van der Waals surface area contributed by atoms with E-state index in [1.807, 2.05) is 45.0 Å². The molecule has 0 radical (unpaired) electrons. The predicted molar refractivity (Wildman–Crippen MR) is 113 cm³/mol. The number of para-hydroxylation sites is 2. The third-order valence-electron chi connectivity index (χ3n) is 5.65. The van der Waals surface area contributed by atoms with Crippen LogP contribution in [0.1, 0.15) is 30.0 Å². The van der Waals surface area contributed by atoms with Gasteiger partial charge in [0.1, 0.15) is 23.2 Å². The number of nitrogens with one attached hydrogen (secondary N) is 1. The van der Waals surface area contributed by atoms with Gasteiger partial charge in [-0.2, -0.15) is 4.98 Å². The minimum absolute atomic E-state index is 0.0356. The summed E-state index contributed by atoms with van der Waals surface area (Å²) in [4.78, 5) is 24.2. The topological polar surface area (TPSA) is 80.5 Å². The number of piperidine rings is 1. The van der Waals surface area contributed by atoms with Gasteiger partial charge in [-0.15, -0.1) is 0 Å². The number of carbonyl (C=O) groups excluding carboxylic acids is 1. The van der Waals surface area contributed by atoms with Crippen LogP contribution in [0, 0.1) is 26.7 Å². The van der Waals surface area contributed by atoms with Crippen molar-refractivity contribution < 1.29 is 13.9 Å². The van der Waals surface area contributed by atoms with E-state index in [1.165, 1.54) is 0 Å². The molecule has 1 amide bonds. The second-order valence-corrected chi connectivity index (χ2v) is 7.51. The number of aromatic nitrogens is 2. The van der Waals surface area contributed by atoms with E-state index < -0.39 is 0 Å². The molecular weight excluding hydrogens is 368 g/mol. The smallest absolute Gasteiger partial charge is 0.231 e. The number of carbonyl (C=O) groups is 1. The summed E-state index contributed by atoms with van der Waals surface area (Å²) in [5.41, 5.74) is 2.42. The molecule has 7 heteroatoms. The highest BCUT2D eigenvalue weighted by Gasteiger charge is 2.28. The number of amides is 1. The third-order valence-corrected chi connectivity index (χ3v) is 5.65. The molecule has 3 aromatic rings. The Hall–Kier alpha value is -3.09. The Balaban J connectivity index is 1.49. The molecule has 0 spiro atoms. The van der Waals surface area contributed by atoms with Crippen LogP contribution in [0.15, 0.2) is 28.7 Å². The van der Waals surface area contributed by atoms with Crippen molar-refractivity contribution in [3.63, 3.8) is 0 Å². The summed E-state index contributed by atoms with van der Waals surface area (Å²) < 4.78 is 11.1. The van der Waals surface area contributed by atoms with Crippen molar-refractivity contribution >= 4 is 28.5 Å². The largest absolute Gasteiger partial charge is 0.495 e. The maximum Gasteiger partial charge on any atom is 0.231 e. The predicted octanol–water partition coefficient (Wildman–Crippen LogP) is 4.01. The van der Waals surface area contributed by atoms with Gasteiger partial charge in [-0.25, -0.2) is 4.98 Å². The average molecular weight is 394 g/mol. The van der Waals surface area contributed by atoms with Crippen LogP contribution < -0.4 is 15.0 Å². The van der Waals surface area contributed by atoms with E-state index in [2.05, 4.69) is 15.2 Å². The van der Waals surface area contributed by atoms with E-state index in [1.54, 1.807) is 7.11 Å². The van der Waals surface area contributed by atoms with Crippen LogP contribution >= 0.6 is 0 Å². The van der Waals surface area contributed by atoms with E-state index in [0.29, 0.717) is 23.0 Å². The van der Waals surface area contributed by atoms with Gasteiger partial charge in [0.25, 0.3) is 0 Å². The van der Waals surface area contributed by atoms with Crippen molar-refractivity contribution in [2.24, 2.45) is 5.92 Å². The second-order valence-electron chi connectivity index (χ2n) is 7.51. The highest BCUT2D eigenvalue weighted by molar-refractivity contribution is 5.94. The maximum absolute atomic E-state index is 12.8. The number of benzene rings is 1. The van der Waals surface area contributed by atoms with Crippen LogP contribution in [0.5, 0.6) is 5.75 Å². The van der Waals surface area contributed by atoms with Gasteiger partial charge in [0.2, 0.25) is 11.6 Å². The lowest BCUT2D eigenvalue weighted by Crippen LogP contribution is -2.38. The van der Waals surface area contributed by atoms with Gasteiger partial charge in [0, 0.05) is 24.6 Å². The Bertz CT molecular complexity index is 1050. The van der Waals surface area contributed by atoms with Gasteiger partial charge in [0.15, 0.2) is 0 Å². The number of furan rings is 1. The molecule has 2 aromatic heterocycles. The molecule has 3 heterocycles. The van der Waals surface area contributed by atoms with Crippen LogP contribution in [-0.4, -0.2) is 36.1 Å². The normalized spacial score (nSPS) is 15.0. The fourth-order valence-corrected chi connectivity index (χ4v) is 3.90. The Labute approximate surface area is 170 Å². The first-order chi connectivity index (χ1) is 14.0. The summed E-state index contributed by atoms with van der Waals surface area (Å²) in [5.74, 6) is 3.13. The van der Waals surface area contributed by atoms with Gasteiger partial charge in [-0.1, -0.05) is 12.1 Å². The van der Waals surface area contributed by atoms with E-state index in [4.69, 9.17) is 14.1 Å². The van der Waals surface area contributed by atoms with Crippen molar-refractivity contribution in [2.45, 2.75) is 33.6 Å². The maximum atomic E-state index is 12.8. The zero-order chi connectivity index (χ0) is 20.5. The Morgan fingerprint density at radius 3 is 2.62 bits per heavy atom. The van der Waals surface area contributed by atoms with Crippen molar-refractivity contribution in [3.8, 4) is 5.75 Å². The molecule has 1 saturated heterocycles. The lowest BCUT2D eigenvalue weighted by Gasteiger charge is -2.32. The number of fused-ring (bicyclic) bond motifs is 1. The van der Waals surface area contributed by atoms with Crippen molar-refractivity contribution in [1.82, 2.24) is 9.97 Å². The lowest BCUT2D eigenvalue weighted by molar-refractivity contribution is -0.120. The number of ether oxygens (including phenoxy) is 1. The molecule has 0 saturated carbocycles. The number of rotatable bonds is 4. The number of aryl methyl sites for hydroxylation is 3. The highest BCUT2D eigenvalue weighted by atomic mass is 16.5. The van der Waals surface area contributed by atoms with Crippen LogP contribution in [0.3, 0.4) is 0 Å². The Morgan fingerprint density at radius 2 is 1.90 bits per heavy atom. The first-order valence-corrected chi connectivity index (χ1v) is 9.91. The van der Waals surface area contributed by atoms with Crippen molar-refractivity contribution in [1.29, 1.82) is 0 Å². The number of hydrogen-bond donors (Lipinski definition) is 1.